The zero-order valence-electron chi connectivity index (χ0n) is 10.0. The molecule has 0 bridgehead atoms. The minimum Gasteiger partial charge on any atom is -0.508 e. The first-order valence-electron chi connectivity index (χ1n) is 6.16. The van der Waals surface area contributed by atoms with Crippen molar-refractivity contribution in [2.45, 2.75) is 25.3 Å². The van der Waals surface area contributed by atoms with Crippen LogP contribution in [0.1, 0.15) is 30.0 Å². The molecule has 92 valence electrons. The van der Waals surface area contributed by atoms with Crippen molar-refractivity contribution in [3.8, 4) is 5.75 Å². The lowest BCUT2D eigenvalue weighted by Crippen LogP contribution is -2.17. The number of rotatable bonds is 2. The Morgan fingerprint density at radius 1 is 1.22 bits per heavy atom. The number of phenols is 1. The molecule has 1 unspecified atom stereocenters. The molecular formula is C14H15N3O. The predicted octanol–water partition coefficient (Wildman–Crippen LogP) is 2.67. The van der Waals surface area contributed by atoms with Crippen LogP contribution >= 0.6 is 0 Å². The molecule has 1 aromatic heterocycles. The summed E-state index contributed by atoms with van der Waals surface area (Å²) in [5.74, 6) is 0.326. The van der Waals surface area contributed by atoms with E-state index in [-0.39, 0.29) is 6.04 Å². The highest BCUT2D eigenvalue weighted by molar-refractivity contribution is 5.46. The molecule has 0 radical (unpaired) electrons. The van der Waals surface area contributed by atoms with Gasteiger partial charge in [-0.15, -0.1) is 0 Å². The largest absolute Gasteiger partial charge is 0.508 e. The summed E-state index contributed by atoms with van der Waals surface area (Å²) in [5.41, 5.74) is 3.41. The first-order chi connectivity index (χ1) is 8.83. The summed E-state index contributed by atoms with van der Waals surface area (Å²) < 4.78 is 0. The standard InChI is InChI=1S/C14H15N3O/c18-12-5-4-10-2-1-3-14(13(10)6-12)17-11-7-15-9-16-8-11/h4-9,14,17-18H,1-3H2. The lowest BCUT2D eigenvalue weighted by atomic mass is 9.87. The first-order valence-corrected chi connectivity index (χ1v) is 6.16. The number of anilines is 1. The van der Waals surface area contributed by atoms with Crippen LogP contribution in [0.2, 0.25) is 0 Å². The lowest BCUT2D eigenvalue weighted by Gasteiger charge is -2.27. The van der Waals surface area contributed by atoms with E-state index in [1.807, 2.05) is 12.1 Å². The number of hydrogen-bond acceptors (Lipinski definition) is 4. The second-order valence-corrected chi connectivity index (χ2v) is 4.60. The fourth-order valence-corrected chi connectivity index (χ4v) is 2.51. The third kappa shape index (κ3) is 2.14. The second-order valence-electron chi connectivity index (χ2n) is 4.60. The highest BCUT2D eigenvalue weighted by atomic mass is 16.3. The van der Waals surface area contributed by atoms with E-state index in [9.17, 15) is 5.11 Å². The van der Waals surface area contributed by atoms with E-state index < -0.39 is 0 Å². The molecule has 2 N–H and O–H groups in total. The van der Waals surface area contributed by atoms with Crippen LogP contribution in [0, 0.1) is 0 Å². The lowest BCUT2D eigenvalue weighted by molar-refractivity contribution is 0.471. The van der Waals surface area contributed by atoms with Crippen LogP contribution < -0.4 is 5.32 Å². The van der Waals surface area contributed by atoms with E-state index in [4.69, 9.17) is 0 Å². The van der Waals surface area contributed by atoms with Crippen molar-refractivity contribution >= 4 is 5.69 Å². The van der Waals surface area contributed by atoms with Gasteiger partial charge in [-0.2, -0.15) is 0 Å². The van der Waals surface area contributed by atoms with Crippen LogP contribution in [0.5, 0.6) is 5.75 Å². The zero-order chi connectivity index (χ0) is 12.4. The fourth-order valence-electron chi connectivity index (χ4n) is 2.51. The van der Waals surface area contributed by atoms with Crippen LogP contribution in [0.3, 0.4) is 0 Å². The summed E-state index contributed by atoms with van der Waals surface area (Å²) in [6, 6.07) is 5.86. The van der Waals surface area contributed by atoms with Gasteiger partial charge in [0.05, 0.1) is 24.1 Å². The summed E-state index contributed by atoms with van der Waals surface area (Å²) in [6.45, 7) is 0. The van der Waals surface area contributed by atoms with Crippen LogP contribution in [0.15, 0.2) is 36.9 Å². The van der Waals surface area contributed by atoms with Crippen molar-refractivity contribution < 1.29 is 5.11 Å². The number of phenolic OH excluding ortho intramolecular Hbond substituents is 1. The fraction of sp³-hybridized carbons (Fsp3) is 0.286. The van der Waals surface area contributed by atoms with Gasteiger partial charge in [-0.25, -0.2) is 9.97 Å². The molecule has 1 aliphatic carbocycles. The Morgan fingerprint density at radius 2 is 2.06 bits per heavy atom. The van der Waals surface area contributed by atoms with Crippen LogP contribution in [0.25, 0.3) is 0 Å². The molecule has 1 heterocycles. The molecule has 3 rings (SSSR count). The quantitative estimate of drug-likeness (QED) is 0.848. The maximum absolute atomic E-state index is 9.62. The van der Waals surface area contributed by atoms with E-state index in [0.717, 1.165) is 24.9 Å². The molecule has 4 heteroatoms. The Kier molecular flexibility index (Phi) is 2.84. The number of aromatic hydroxyl groups is 1. The molecule has 1 aliphatic rings. The average Bonchev–Trinajstić information content (AvgIpc) is 2.41. The summed E-state index contributed by atoms with van der Waals surface area (Å²) in [5, 5.41) is 13.0. The Hall–Kier alpha value is -2.10. The Balaban J connectivity index is 1.89. The number of aromatic nitrogens is 2. The minimum atomic E-state index is 0.229. The zero-order valence-corrected chi connectivity index (χ0v) is 10.0. The molecule has 0 fully saturated rings. The summed E-state index contributed by atoms with van der Waals surface area (Å²) in [7, 11) is 0. The van der Waals surface area contributed by atoms with Gasteiger partial charge >= 0.3 is 0 Å². The summed E-state index contributed by atoms with van der Waals surface area (Å²) in [4.78, 5) is 8.00. The molecule has 4 nitrogen and oxygen atoms in total. The van der Waals surface area contributed by atoms with Gasteiger partial charge in [-0.05, 0) is 42.5 Å². The number of hydrogen-bond donors (Lipinski definition) is 2. The number of benzene rings is 1. The minimum absolute atomic E-state index is 0.229. The van der Waals surface area contributed by atoms with Crippen molar-refractivity contribution in [3.05, 3.63) is 48.0 Å². The summed E-state index contributed by atoms with van der Waals surface area (Å²) in [6.07, 6.45) is 8.35. The maximum Gasteiger partial charge on any atom is 0.115 e. The second kappa shape index (κ2) is 4.64. The molecule has 0 aliphatic heterocycles. The average molecular weight is 241 g/mol. The number of nitrogens with zero attached hydrogens (tertiary/aromatic N) is 2. The van der Waals surface area contributed by atoms with E-state index in [2.05, 4.69) is 15.3 Å². The smallest absolute Gasteiger partial charge is 0.115 e. The van der Waals surface area contributed by atoms with Gasteiger partial charge in [-0.1, -0.05) is 6.07 Å². The van der Waals surface area contributed by atoms with E-state index in [1.165, 1.54) is 17.5 Å². The third-order valence-corrected chi connectivity index (χ3v) is 3.35. The highest BCUT2D eigenvalue weighted by Crippen LogP contribution is 2.34. The molecule has 0 saturated carbocycles. The van der Waals surface area contributed by atoms with Gasteiger partial charge in [0.1, 0.15) is 12.1 Å². The van der Waals surface area contributed by atoms with Crippen LogP contribution in [-0.2, 0) is 6.42 Å². The van der Waals surface area contributed by atoms with Crippen molar-refractivity contribution in [2.75, 3.05) is 5.32 Å². The normalized spacial score (nSPS) is 18.1. The Morgan fingerprint density at radius 3 is 2.89 bits per heavy atom. The van der Waals surface area contributed by atoms with Gasteiger partial charge in [-0.3, -0.25) is 0 Å². The third-order valence-electron chi connectivity index (χ3n) is 3.35. The molecule has 0 spiro atoms. The topological polar surface area (TPSA) is 58.0 Å². The Bertz CT molecular complexity index is 542. The van der Waals surface area contributed by atoms with Crippen LogP contribution in [0.4, 0.5) is 5.69 Å². The van der Waals surface area contributed by atoms with Gasteiger partial charge in [0.2, 0.25) is 0 Å². The van der Waals surface area contributed by atoms with Gasteiger partial charge < -0.3 is 10.4 Å². The van der Waals surface area contributed by atoms with E-state index >= 15 is 0 Å². The van der Waals surface area contributed by atoms with Gasteiger partial charge in [0, 0.05) is 0 Å². The summed E-state index contributed by atoms with van der Waals surface area (Å²) >= 11 is 0. The molecule has 0 amide bonds. The molecule has 0 saturated heterocycles. The number of fused-ring (bicyclic) bond motifs is 1. The number of nitrogens with one attached hydrogen (secondary N) is 1. The van der Waals surface area contributed by atoms with E-state index in [1.54, 1.807) is 18.5 Å². The molecule has 1 atom stereocenters. The molecule has 1 aromatic carbocycles. The Labute approximate surface area is 106 Å². The van der Waals surface area contributed by atoms with Crippen LogP contribution in [-0.4, -0.2) is 15.1 Å². The molecular weight excluding hydrogens is 226 g/mol. The highest BCUT2D eigenvalue weighted by Gasteiger charge is 2.20. The van der Waals surface area contributed by atoms with Crippen molar-refractivity contribution in [1.29, 1.82) is 0 Å². The monoisotopic (exact) mass is 241 g/mol. The maximum atomic E-state index is 9.62. The first kappa shape index (κ1) is 11.0. The molecule has 18 heavy (non-hydrogen) atoms. The van der Waals surface area contributed by atoms with Gasteiger partial charge in [0.25, 0.3) is 0 Å². The molecule has 2 aromatic rings. The van der Waals surface area contributed by atoms with Crippen molar-refractivity contribution in [3.63, 3.8) is 0 Å². The predicted molar refractivity (Wildman–Crippen MR) is 69.4 cm³/mol. The van der Waals surface area contributed by atoms with E-state index in [0.29, 0.717) is 5.75 Å². The number of aryl methyl sites for hydroxylation is 1. The SMILES string of the molecule is Oc1ccc2c(c1)C(Nc1cncnc1)CCC2. The van der Waals surface area contributed by atoms with Crippen molar-refractivity contribution in [2.24, 2.45) is 0 Å². The van der Waals surface area contributed by atoms with Gasteiger partial charge in [0.15, 0.2) is 0 Å². The van der Waals surface area contributed by atoms with Crippen molar-refractivity contribution in [1.82, 2.24) is 9.97 Å².